The van der Waals surface area contributed by atoms with Crippen molar-refractivity contribution < 1.29 is 18.0 Å². The second-order valence-corrected chi connectivity index (χ2v) is 13.0. The van der Waals surface area contributed by atoms with Crippen LogP contribution >= 0.6 is 11.6 Å². The third-order valence-corrected chi connectivity index (χ3v) is 8.19. The van der Waals surface area contributed by atoms with Crippen LogP contribution in [0, 0.1) is 13.8 Å². The van der Waals surface area contributed by atoms with E-state index in [1.807, 2.05) is 52.0 Å². The van der Waals surface area contributed by atoms with Crippen molar-refractivity contribution in [2.45, 2.75) is 64.6 Å². The Morgan fingerprint density at radius 2 is 1.56 bits per heavy atom. The molecule has 0 saturated carbocycles. The molecule has 0 heterocycles. The van der Waals surface area contributed by atoms with Gasteiger partial charge in [0, 0.05) is 17.1 Å². The molecule has 0 aliphatic carbocycles. The molecule has 3 aromatic rings. The van der Waals surface area contributed by atoms with Crippen LogP contribution in [0.5, 0.6) is 0 Å². The average Bonchev–Trinajstić information content (AvgIpc) is 2.86. The maximum absolute atomic E-state index is 14.0. The summed E-state index contributed by atoms with van der Waals surface area (Å²) < 4.78 is 28.8. The SMILES string of the molecule is Cc1ccc(CN(C(=O)CN(c2ccc(Cl)cc2C)S(=O)(=O)c2ccccc2)C(C)C(=O)NC(C)(C)C)cc1. The molecule has 9 heteroatoms. The fraction of sp³-hybridized carbons (Fsp3) is 0.333. The zero-order valence-corrected chi connectivity index (χ0v) is 24.8. The van der Waals surface area contributed by atoms with E-state index in [1.54, 1.807) is 50.2 Å². The summed E-state index contributed by atoms with van der Waals surface area (Å²) in [5.41, 5.74) is 2.31. The molecule has 3 aromatic carbocycles. The van der Waals surface area contributed by atoms with Crippen molar-refractivity contribution in [3.05, 3.63) is 94.5 Å². The molecule has 0 spiro atoms. The molecule has 0 saturated heterocycles. The van der Waals surface area contributed by atoms with Crippen molar-refractivity contribution >= 4 is 39.1 Å². The minimum atomic E-state index is -4.13. The number of sulfonamides is 1. The number of carbonyl (C=O) groups excluding carboxylic acids is 2. The van der Waals surface area contributed by atoms with Gasteiger partial charge >= 0.3 is 0 Å². The Hall–Kier alpha value is -3.36. The van der Waals surface area contributed by atoms with Crippen molar-refractivity contribution in [2.75, 3.05) is 10.8 Å². The van der Waals surface area contributed by atoms with Gasteiger partial charge in [-0.2, -0.15) is 0 Å². The molecule has 0 bridgehead atoms. The van der Waals surface area contributed by atoms with Crippen molar-refractivity contribution in [3.63, 3.8) is 0 Å². The number of halogens is 1. The van der Waals surface area contributed by atoms with Gasteiger partial charge in [-0.1, -0.05) is 59.6 Å². The molecule has 0 radical (unpaired) electrons. The number of benzene rings is 3. The highest BCUT2D eigenvalue weighted by Gasteiger charge is 2.33. The Kier molecular flexibility index (Phi) is 9.46. The maximum atomic E-state index is 14.0. The van der Waals surface area contributed by atoms with Crippen LogP contribution in [0.3, 0.4) is 0 Å². The molecule has 1 unspecified atom stereocenters. The molecule has 0 aromatic heterocycles. The predicted octanol–water partition coefficient (Wildman–Crippen LogP) is 5.48. The number of aryl methyl sites for hydroxylation is 2. The van der Waals surface area contributed by atoms with Gasteiger partial charge in [-0.25, -0.2) is 8.42 Å². The summed E-state index contributed by atoms with van der Waals surface area (Å²) in [5, 5.41) is 3.38. The smallest absolute Gasteiger partial charge is 0.264 e. The monoisotopic (exact) mass is 569 g/mol. The number of carbonyl (C=O) groups is 2. The van der Waals surface area contributed by atoms with E-state index in [2.05, 4.69) is 5.32 Å². The van der Waals surface area contributed by atoms with Crippen LogP contribution in [-0.4, -0.2) is 43.3 Å². The Labute approximate surface area is 236 Å². The average molecular weight is 570 g/mol. The van der Waals surface area contributed by atoms with E-state index in [-0.39, 0.29) is 17.3 Å². The first-order valence-electron chi connectivity index (χ1n) is 12.7. The topological polar surface area (TPSA) is 86.8 Å². The zero-order valence-electron chi connectivity index (χ0n) is 23.2. The number of nitrogens with zero attached hydrogens (tertiary/aromatic N) is 2. The van der Waals surface area contributed by atoms with Crippen LogP contribution < -0.4 is 9.62 Å². The summed E-state index contributed by atoms with van der Waals surface area (Å²) in [5.74, 6) is -0.843. The molecule has 1 N–H and O–H groups in total. The van der Waals surface area contributed by atoms with E-state index in [0.29, 0.717) is 16.3 Å². The van der Waals surface area contributed by atoms with Crippen LogP contribution in [0.15, 0.2) is 77.7 Å². The lowest BCUT2D eigenvalue weighted by molar-refractivity contribution is -0.140. The van der Waals surface area contributed by atoms with Gasteiger partial charge in [0.15, 0.2) is 0 Å². The standard InChI is InChI=1S/C30H36ClN3O4S/c1-21-12-14-24(15-13-21)19-33(23(3)29(36)32-30(4,5)6)28(35)20-34(27-17-16-25(31)18-22(27)2)39(37,38)26-10-8-7-9-11-26/h7-18,23H,19-20H2,1-6H3,(H,32,36). The molecule has 39 heavy (non-hydrogen) atoms. The lowest BCUT2D eigenvalue weighted by Crippen LogP contribution is -2.54. The lowest BCUT2D eigenvalue weighted by atomic mass is 10.1. The molecule has 0 fully saturated rings. The second kappa shape index (κ2) is 12.2. The van der Waals surface area contributed by atoms with Crippen molar-refractivity contribution in [2.24, 2.45) is 0 Å². The molecular weight excluding hydrogens is 534 g/mol. The molecule has 0 aliphatic rings. The van der Waals surface area contributed by atoms with Gasteiger partial charge in [-0.3, -0.25) is 13.9 Å². The van der Waals surface area contributed by atoms with Gasteiger partial charge < -0.3 is 10.2 Å². The number of amides is 2. The number of anilines is 1. The fourth-order valence-electron chi connectivity index (χ4n) is 4.08. The number of hydrogen-bond donors (Lipinski definition) is 1. The molecular formula is C30H36ClN3O4S. The molecule has 0 aliphatic heterocycles. The van der Waals surface area contributed by atoms with Crippen molar-refractivity contribution in [1.29, 1.82) is 0 Å². The number of nitrogens with one attached hydrogen (secondary N) is 1. The summed E-state index contributed by atoms with van der Waals surface area (Å²) in [6.45, 7) is 10.6. The van der Waals surface area contributed by atoms with E-state index in [4.69, 9.17) is 11.6 Å². The molecule has 1 atom stereocenters. The van der Waals surface area contributed by atoms with Crippen LogP contribution in [-0.2, 0) is 26.2 Å². The minimum absolute atomic E-state index is 0.0516. The van der Waals surface area contributed by atoms with Crippen molar-refractivity contribution in [1.82, 2.24) is 10.2 Å². The van der Waals surface area contributed by atoms with Crippen LogP contribution in [0.1, 0.15) is 44.4 Å². The zero-order chi connectivity index (χ0) is 29.0. The van der Waals surface area contributed by atoms with Gasteiger partial charge in [0.25, 0.3) is 10.0 Å². The Morgan fingerprint density at radius 1 is 0.949 bits per heavy atom. The van der Waals surface area contributed by atoms with Crippen LogP contribution in [0.4, 0.5) is 5.69 Å². The Balaban J connectivity index is 2.05. The van der Waals surface area contributed by atoms with Crippen LogP contribution in [0.2, 0.25) is 5.02 Å². The van der Waals surface area contributed by atoms with E-state index in [0.717, 1.165) is 15.4 Å². The van der Waals surface area contributed by atoms with E-state index >= 15 is 0 Å². The summed E-state index contributed by atoms with van der Waals surface area (Å²) in [6, 6.07) is 19.6. The summed E-state index contributed by atoms with van der Waals surface area (Å²) >= 11 is 6.15. The first-order valence-corrected chi connectivity index (χ1v) is 14.5. The van der Waals surface area contributed by atoms with Crippen molar-refractivity contribution in [3.8, 4) is 0 Å². The first-order chi connectivity index (χ1) is 18.2. The Bertz CT molecular complexity index is 1420. The predicted molar refractivity (Wildman–Crippen MR) is 156 cm³/mol. The number of hydrogen-bond acceptors (Lipinski definition) is 4. The lowest BCUT2D eigenvalue weighted by Gasteiger charge is -2.34. The van der Waals surface area contributed by atoms with E-state index in [9.17, 15) is 18.0 Å². The van der Waals surface area contributed by atoms with Gasteiger partial charge in [0.1, 0.15) is 12.6 Å². The molecule has 7 nitrogen and oxygen atoms in total. The third kappa shape index (κ3) is 7.83. The number of rotatable bonds is 9. The highest BCUT2D eigenvalue weighted by molar-refractivity contribution is 7.92. The molecule has 208 valence electrons. The van der Waals surface area contributed by atoms with E-state index < -0.39 is 34.1 Å². The van der Waals surface area contributed by atoms with Gasteiger partial charge in [0.05, 0.1) is 10.6 Å². The van der Waals surface area contributed by atoms with Crippen LogP contribution in [0.25, 0.3) is 0 Å². The minimum Gasteiger partial charge on any atom is -0.350 e. The maximum Gasteiger partial charge on any atom is 0.264 e. The van der Waals surface area contributed by atoms with Gasteiger partial charge in [0.2, 0.25) is 11.8 Å². The summed E-state index contributed by atoms with van der Waals surface area (Å²) in [6.07, 6.45) is 0. The normalized spacial score (nSPS) is 12.5. The van der Waals surface area contributed by atoms with E-state index in [1.165, 1.54) is 17.0 Å². The van der Waals surface area contributed by atoms with Gasteiger partial charge in [-0.15, -0.1) is 0 Å². The quantitative estimate of drug-likeness (QED) is 0.369. The largest absolute Gasteiger partial charge is 0.350 e. The molecule has 3 rings (SSSR count). The Morgan fingerprint density at radius 3 is 2.13 bits per heavy atom. The highest BCUT2D eigenvalue weighted by Crippen LogP contribution is 2.29. The van der Waals surface area contributed by atoms with Gasteiger partial charge in [-0.05, 0) is 83.0 Å². The second-order valence-electron chi connectivity index (χ2n) is 10.7. The summed E-state index contributed by atoms with van der Waals surface area (Å²) in [4.78, 5) is 28.6. The molecule has 2 amide bonds. The first kappa shape index (κ1) is 30.2. The fourth-order valence-corrected chi connectivity index (χ4v) is 5.80. The summed E-state index contributed by atoms with van der Waals surface area (Å²) in [7, 11) is -4.13. The third-order valence-electron chi connectivity index (χ3n) is 6.18. The highest BCUT2D eigenvalue weighted by atomic mass is 35.5.